The second-order valence-electron chi connectivity index (χ2n) is 4.49. The largest absolute Gasteiger partial charge is 0.426 e. The first-order chi connectivity index (χ1) is 10.1. The van der Waals surface area contributed by atoms with Crippen molar-refractivity contribution in [1.29, 1.82) is 5.41 Å². The van der Waals surface area contributed by atoms with Crippen LogP contribution >= 0.6 is 0 Å². The van der Waals surface area contributed by atoms with E-state index in [0.717, 1.165) is 11.1 Å². The number of carbonyl (C=O) groups is 1. The molecule has 3 N–H and O–H groups in total. The van der Waals surface area contributed by atoms with Crippen molar-refractivity contribution in [3.8, 4) is 5.75 Å². The molecule has 0 bridgehead atoms. The number of hydrogen-bond donors (Lipinski definition) is 2. The third-order valence-corrected chi connectivity index (χ3v) is 2.76. The van der Waals surface area contributed by atoms with Gasteiger partial charge >= 0.3 is 5.97 Å². The molecule has 2 aromatic rings. The normalized spacial score (nSPS) is 10.5. The van der Waals surface area contributed by atoms with E-state index in [0.29, 0.717) is 5.75 Å². The monoisotopic (exact) mass is 280 g/mol. The zero-order valence-electron chi connectivity index (χ0n) is 11.5. The van der Waals surface area contributed by atoms with Gasteiger partial charge in [0.05, 0.1) is 6.42 Å². The molecule has 2 aromatic carbocycles. The highest BCUT2D eigenvalue weighted by Gasteiger charge is 2.05. The molecule has 0 heterocycles. The molecular weight excluding hydrogens is 264 g/mol. The Hall–Kier alpha value is -2.88. The van der Waals surface area contributed by atoms with Crippen LogP contribution in [0, 0.1) is 5.41 Å². The molecule has 0 unspecified atom stereocenters. The highest BCUT2D eigenvalue weighted by molar-refractivity contribution is 5.92. The molecule has 0 aromatic heterocycles. The summed E-state index contributed by atoms with van der Waals surface area (Å²) < 4.78 is 5.27. The van der Waals surface area contributed by atoms with Gasteiger partial charge in [0.15, 0.2) is 0 Å². The number of nitrogens with two attached hydrogens (primary N) is 1. The van der Waals surface area contributed by atoms with E-state index in [1.54, 1.807) is 30.3 Å². The van der Waals surface area contributed by atoms with E-state index in [-0.39, 0.29) is 18.2 Å². The summed E-state index contributed by atoms with van der Waals surface area (Å²) in [5.74, 6) is 0.192. The summed E-state index contributed by atoms with van der Waals surface area (Å²) >= 11 is 0. The van der Waals surface area contributed by atoms with Gasteiger partial charge in [0.25, 0.3) is 0 Å². The SMILES string of the molecule is N=C(N)/C=C/c1ccc(OC(=O)Cc2ccccc2)cc1. The lowest BCUT2D eigenvalue weighted by Gasteiger charge is -2.04. The van der Waals surface area contributed by atoms with Crippen molar-refractivity contribution in [2.45, 2.75) is 6.42 Å². The third kappa shape index (κ3) is 4.95. The van der Waals surface area contributed by atoms with Crippen LogP contribution in [0.3, 0.4) is 0 Å². The zero-order chi connectivity index (χ0) is 15.1. The van der Waals surface area contributed by atoms with Crippen molar-refractivity contribution in [2.75, 3.05) is 0 Å². The van der Waals surface area contributed by atoms with Crippen molar-refractivity contribution in [2.24, 2.45) is 5.73 Å². The molecule has 0 aliphatic carbocycles. The van der Waals surface area contributed by atoms with Crippen molar-refractivity contribution in [3.63, 3.8) is 0 Å². The molecule has 0 fully saturated rings. The number of amidine groups is 1. The highest BCUT2D eigenvalue weighted by Crippen LogP contribution is 2.14. The molecule has 0 saturated heterocycles. The van der Waals surface area contributed by atoms with Gasteiger partial charge in [0, 0.05) is 0 Å². The second-order valence-corrected chi connectivity index (χ2v) is 4.49. The molecule has 0 atom stereocenters. The first kappa shape index (κ1) is 14.5. The molecule has 4 heteroatoms. The Morgan fingerprint density at radius 2 is 1.76 bits per heavy atom. The van der Waals surface area contributed by atoms with Crippen LogP contribution < -0.4 is 10.5 Å². The lowest BCUT2D eigenvalue weighted by Crippen LogP contribution is -2.11. The first-order valence-electron chi connectivity index (χ1n) is 6.50. The van der Waals surface area contributed by atoms with Gasteiger partial charge in [-0.05, 0) is 29.3 Å². The van der Waals surface area contributed by atoms with Crippen LogP contribution in [0.15, 0.2) is 60.7 Å². The van der Waals surface area contributed by atoms with E-state index in [4.69, 9.17) is 15.9 Å². The lowest BCUT2D eigenvalue weighted by atomic mass is 10.1. The van der Waals surface area contributed by atoms with Crippen LogP contribution in [0.4, 0.5) is 0 Å². The molecule has 0 aliphatic rings. The molecule has 106 valence electrons. The number of nitrogens with one attached hydrogen (secondary N) is 1. The minimum Gasteiger partial charge on any atom is -0.426 e. The summed E-state index contributed by atoms with van der Waals surface area (Å²) in [7, 11) is 0. The highest BCUT2D eigenvalue weighted by atomic mass is 16.5. The maximum absolute atomic E-state index is 11.8. The molecule has 2 rings (SSSR count). The van der Waals surface area contributed by atoms with Crippen LogP contribution in [0.1, 0.15) is 11.1 Å². The average molecular weight is 280 g/mol. The van der Waals surface area contributed by atoms with Crippen LogP contribution in [-0.2, 0) is 11.2 Å². The first-order valence-corrected chi connectivity index (χ1v) is 6.50. The summed E-state index contributed by atoms with van der Waals surface area (Å²) in [6.45, 7) is 0. The summed E-state index contributed by atoms with van der Waals surface area (Å²) in [6, 6.07) is 16.5. The van der Waals surface area contributed by atoms with Gasteiger partial charge < -0.3 is 10.5 Å². The van der Waals surface area contributed by atoms with Gasteiger partial charge in [-0.15, -0.1) is 0 Å². The Morgan fingerprint density at radius 3 is 2.38 bits per heavy atom. The lowest BCUT2D eigenvalue weighted by molar-refractivity contribution is -0.133. The van der Waals surface area contributed by atoms with E-state index in [9.17, 15) is 4.79 Å². The molecule has 4 nitrogen and oxygen atoms in total. The zero-order valence-corrected chi connectivity index (χ0v) is 11.5. The number of hydrogen-bond acceptors (Lipinski definition) is 3. The van der Waals surface area contributed by atoms with E-state index in [1.165, 1.54) is 6.08 Å². The van der Waals surface area contributed by atoms with Crippen molar-refractivity contribution >= 4 is 17.9 Å². The predicted octanol–water partition coefficient (Wildman–Crippen LogP) is 2.78. The molecule has 0 amide bonds. The van der Waals surface area contributed by atoms with Gasteiger partial charge in [-0.3, -0.25) is 10.2 Å². The number of ether oxygens (including phenoxy) is 1. The van der Waals surface area contributed by atoms with E-state index in [2.05, 4.69) is 0 Å². The standard InChI is InChI=1S/C17H16N2O2/c18-16(19)11-8-13-6-9-15(10-7-13)21-17(20)12-14-4-2-1-3-5-14/h1-11H,12H2,(H3,18,19)/b11-8+. The van der Waals surface area contributed by atoms with Gasteiger partial charge in [-0.25, -0.2) is 0 Å². The number of carbonyl (C=O) groups excluding carboxylic acids is 1. The van der Waals surface area contributed by atoms with E-state index >= 15 is 0 Å². The van der Waals surface area contributed by atoms with Crippen molar-refractivity contribution < 1.29 is 9.53 Å². The predicted molar refractivity (Wildman–Crippen MR) is 83.2 cm³/mol. The maximum atomic E-state index is 11.8. The summed E-state index contributed by atoms with van der Waals surface area (Å²) in [6.07, 6.45) is 3.46. The van der Waals surface area contributed by atoms with E-state index in [1.807, 2.05) is 30.3 Å². The van der Waals surface area contributed by atoms with Gasteiger partial charge in [0.1, 0.15) is 11.6 Å². The molecule has 0 saturated carbocycles. The Kier molecular flexibility index (Phi) is 4.88. The molecule has 21 heavy (non-hydrogen) atoms. The summed E-state index contributed by atoms with van der Waals surface area (Å²) in [5.41, 5.74) is 7.04. The fraction of sp³-hybridized carbons (Fsp3) is 0.0588. The summed E-state index contributed by atoms with van der Waals surface area (Å²) in [4.78, 5) is 11.8. The Bertz CT molecular complexity index is 646. The Labute approximate surface area is 123 Å². The fourth-order valence-corrected chi connectivity index (χ4v) is 1.76. The Morgan fingerprint density at radius 1 is 1.10 bits per heavy atom. The Balaban J connectivity index is 1.94. The summed E-state index contributed by atoms with van der Waals surface area (Å²) in [5, 5.41) is 7.11. The quantitative estimate of drug-likeness (QED) is 0.383. The molecule has 0 aliphatic heterocycles. The van der Waals surface area contributed by atoms with Crippen molar-refractivity contribution in [3.05, 3.63) is 71.8 Å². The van der Waals surface area contributed by atoms with Crippen molar-refractivity contribution in [1.82, 2.24) is 0 Å². The minimum atomic E-state index is -0.298. The molecule has 0 spiro atoms. The average Bonchev–Trinajstić information content (AvgIpc) is 2.47. The van der Waals surface area contributed by atoms with E-state index < -0.39 is 0 Å². The van der Waals surface area contributed by atoms with Crippen LogP contribution in [0.2, 0.25) is 0 Å². The smallest absolute Gasteiger partial charge is 0.315 e. The van der Waals surface area contributed by atoms with Gasteiger partial charge in [0.2, 0.25) is 0 Å². The minimum absolute atomic E-state index is 0.00614. The van der Waals surface area contributed by atoms with Gasteiger partial charge in [-0.1, -0.05) is 48.5 Å². The fourth-order valence-electron chi connectivity index (χ4n) is 1.76. The number of rotatable bonds is 5. The van der Waals surface area contributed by atoms with Gasteiger partial charge in [-0.2, -0.15) is 0 Å². The third-order valence-electron chi connectivity index (χ3n) is 2.76. The number of esters is 1. The molecular formula is C17H16N2O2. The van der Waals surface area contributed by atoms with Crippen LogP contribution in [-0.4, -0.2) is 11.8 Å². The number of benzene rings is 2. The second kappa shape index (κ2) is 7.05. The van der Waals surface area contributed by atoms with Crippen LogP contribution in [0.25, 0.3) is 6.08 Å². The molecule has 0 radical (unpaired) electrons. The topological polar surface area (TPSA) is 76.2 Å². The maximum Gasteiger partial charge on any atom is 0.315 e. The van der Waals surface area contributed by atoms with Crippen LogP contribution in [0.5, 0.6) is 5.75 Å².